The van der Waals surface area contributed by atoms with Crippen LogP contribution in [0.3, 0.4) is 0 Å². The van der Waals surface area contributed by atoms with E-state index < -0.39 is 0 Å². The van der Waals surface area contributed by atoms with Crippen molar-refractivity contribution in [2.45, 2.75) is 39.2 Å². The molecular weight excluding hydrogens is 669 g/mol. The third-order valence-corrected chi connectivity index (χ3v) is 12.6. The number of rotatable bonds is 0. The van der Waals surface area contributed by atoms with Crippen molar-refractivity contribution in [1.29, 1.82) is 0 Å². The van der Waals surface area contributed by atoms with Gasteiger partial charge in [0.1, 0.15) is 0 Å². The van der Waals surface area contributed by atoms with Gasteiger partial charge in [-0.3, -0.25) is 0 Å². The molecule has 0 saturated heterocycles. The molecule has 0 atom stereocenters. The highest BCUT2D eigenvalue weighted by molar-refractivity contribution is 9.10. The molecule has 7 heteroatoms. The molecule has 4 aliphatic rings. The second-order valence-electron chi connectivity index (χ2n) is 10.3. The molecular formula is C36H21BrN2S4. The molecule has 6 aromatic rings. The normalized spacial score (nSPS) is 14.2. The van der Waals surface area contributed by atoms with Crippen LogP contribution >= 0.6 is 63.0 Å². The Morgan fingerprint density at radius 3 is 1.05 bits per heavy atom. The zero-order chi connectivity index (χ0) is 28.5. The first kappa shape index (κ1) is 26.2. The Morgan fingerprint density at radius 1 is 0.349 bits per heavy atom. The van der Waals surface area contributed by atoms with Crippen LogP contribution in [0.15, 0.2) is 171 Å². The summed E-state index contributed by atoms with van der Waals surface area (Å²) in [5.41, 5.74) is 7.78. The summed E-state index contributed by atoms with van der Waals surface area (Å²) in [6.07, 6.45) is 0. The topological polar surface area (TPSA) is 6.48 Å². The number of fused-ring (bicyclic) bond motifs is 8. The highest BCUT2D eigenvalue weighted by Crippen LogP contribution is 2.61. The predicted octanol–water partition coefficient (Wildman–Crippen LogP) is 12.9. The summed E-state index contributed by atoms with van der Waals surface area (Å²) in [6.45, 7) is 0. The average Bonchev–Trinajstić information content (AvgIpc) is 3.04. The van der Waals surface area contributed by atoms with Gasteiger partial charge in [0.25, 0.3) is 0 Å². The average molecular weight is 690 g/mol. The summed E-state index contributed by atoms with van der Waals surface area (Å²) in [5.74, 6) is 0. The Balaban J connectivity index is 0.000000121. The quantitative estimate of drug-likeness (QED) is 0.155. The van der Waals surface area contributed by atoms with E-state index in [1.807, 2.05) is 47.0 Å². The van der Waals surface area contributed by atoms with Crippen LogP contribution in [0.1, 0.15) is 0 Å². The monoisotopic (exact) mass is 688 g/mol. The molecule has 0 aromatic heterocycles. The number of halogens is 1. The van der Waals surface area contributed by atoms with Gasteiger partial charge in [-0.05, 0) is 72.8 Å². The summed E-state index contributed by atoms with van der Waals surface area (Å²) in [4.78, 5) is 15.4. The minimum atomic E-state index is 1.14. The zero-order valence-corrected chi connectivity index (χ0v) is 27.4. The second-order valence-corrected chi connectivity index (χ2v) is 15.6. The first-order valence-electron chi connectivity index (χ1n) is 13.9. The maximum atomic E-state index is 3.66. The van der Waals surface area contributed by atoms with Crippen LogP contribution in [-0.4, -0.2) is 0 Å². The molecule has 10 rings (SSSR count). The summed E-state index contributed by atoms with van der Waals surface area (Å²) >= 11 is 11.1. The van der Waals surface area contributed by atoms with E-state index in [1.54, 1.807) is 0 Å². The van der Waals surface area contributed by atoms with Crippen molar-refractivity contribution in [1.82, 2.24) is 0 Å². The first-order valence-corrected chi connectivity index (χ1v) is 17.9. The SMILES string of the molecule is Brc1cc2c3c(c1)Sc1ccccc1N3c1ccccc1S2.c1ccc2c(c1)Sc1cccc3c1N2c1ccccc1S3. The Morgan fingerprint density at radius 2 is 0.651 bits per heavy atom. The van der Waals surface area contributed by atoms with Crippen LogP contribution in [0.2, 0.25) is 0 Å². The summed E-state index contributed by atoms with van der Waals surface area (Å²) in [7, 11) is 0. The standard InChI is InChI=1S/C18H10BrNS2.C18H11NS2/c19-11-9-16-18-17(10-11)22-15-8-4-2-6-13(15)20(18)12-5-1-3-7-14(12)21-16;1-3-8-14-12(6-1)19-13-7-2-4-9-15(13)21-17-11-5-10-16(20-14)18(17)19/h1-10H;1-11H. The van der Waals surface area contributed by atoms with Crippen molar-refractivity contribution in [2.75, 3.05) is 9.80 Å². The minimum absolute atomic E-state index is 1.14. The lowest BCUT2D eigenvalue weighted by Gasteiger charge is -2.38. The van der Waals surface area contributed by atoms with Gasteiger partial charge in [0.05, 0.1) is 34.1 Å². The fourth-order valence-electron chi connectivity index (χ4n) is 5.94. The van der Waals surface area contributed by atoms with Crippen LogP contribution in [-0.2, 0) is 0 Å². The van der Waals surface area contributed by atoms with Gasteiger partial charge in [-0.1, -0.05) is 118 Å². The maximum Gasteiger partial charge on any atom is 0.0742 e. The molecule has 2 nitrogen and oxygen atoms in total. The molecule has 0 radical (unpaired) electrons. The fraction of sp³-hybridized carbons (Fsp3) is 0. The molecule has 6 aromatic carbocycles. The maximum absolute atomic E-state index is 3.66. The molecule has 0 unspecified atom stereocenters. The van der Waals surface area contributed by atoms with Crippen molar-refractivity contribution in [3.8, 4) is 0 Å². The molecule has 0 N–H and O–H groups in total. The fourth-order valence-corrected chi connectivity index (χ4v) is 11.3. The zero-order valence-electron chi connectivity index (χ0n) is 22.5. The summed E-state index contributed by atoms with van der Waals surface area (Å²) in [5, 5.41) is 0. The number of hydrogen-bond acceptors (Lipinski definition) is 6. The van der Waals surface area contributed by atoms with E-state index in [0.717, 1.165) is 4.47 Å². The lowest BCUT2D eigenvalue weighted by atomic mass is 10.1. The van der Waals surface area contributed by atoms with Crippen LogP contribution in [0.5, 0.6) is 0 Å². The molecule has 0 spiro atoms. The number of hydrogen-bond donors (Lipinski definition) is 0. The molecule has 0 aliphatic carbocycles. The van der Waals surface area contributed by atoms with Gasteiger partial charge in [-0.15, -0.1) is 0 Å². The molecule has 0 fully saturated rings. The van der Waals surface area contributed by atoms with E-state index in [0.29, 0.717) is 0 Å². The van der Waals surface area contributed by atoms with Gasteiger partial charge >= 0.3 is 0 Å². The number of nitrogens with zero attached hydrogens (tertiary/aromatic N) is 2. The van der Waals surface area contributed by atoms with Crippen molar-refractivity contribution in [3.05, 3.63) is 132 Å². The van der Waals surface area contributed by atoms with E-state index in [4.69, 9.17) is 0 Å². The van der Waals surface area contributed by atoms with Gasteiger partial charge in [-0.25, -0.2) is 0 Å². The van der Waals surface area contributed by atoms with E-state index in [9.17, 15) is 0 Å². The first-order chi connectivity index (χ1) is 21.2. The molecule has 206 valence electrons. The van der Waals surface area contributed by atoms with Crippen LogP contribution in [0, 0.1) is 0 Å². The number of anilines is 6. The third kappa shape index (κ3) is 4.28. The highest BCUT2D eigenvalue weighted by Gasteiger charge is 2.33. The smallest absolute Gasteiger partial charge is 0.0742 e. The van der Waals surface area contributed by atoms with Crippen molar-refractivity contribution < 1.29 is 0 Å². The van der Waals surface area contributed by atoms with Gasteiger partial charge in [0.2, 0.25) is 0 Å². The number of benzene rings is 6. The summed E-state index contributed by atoms with van der Waals surface area (Å²) in [6, 6.07) is 45.7. The highest BCUT2D eigenvalue weighted by atomic mass is 79.9. The lowest BCUT2D eigenvalue weighted by Crippen LogP contribution is -2.18. The van der Waals surface area contributed by atoms with Crippen LogP contribution in [0.25, 0.3) is 0 Å². The van der Waals surface area contributed by atoms with Crippen LogP contribution < -0.4 is 9.80 Å². The largest absolute Gasteiger partial charge is 0.306 e. The molecule has 4 aliphatic heterocycles. The molecule has 0 saturated carbocycles. The second kappa shape index (κ2) is 10.5. The van der Waals surface area contributed by atoms with Gasteiger partial charge in [0, 0.05) is 43.6 Å². The van der Waals surface area contributed by atoms with E-state index >= 15 is 0 Å². The third-order valence-electron chi connectivity index (χ3n) is 7.72. The van der Waals surface area contributed by atoms with Gasteiger partial charge < -0.3 is 9.80 Å². The van der Waals surface area contributed by atoms with Crippen molar-refractivity contribution >= 4 is 97.1 Å². The van der Waals surface area contributed by atoms with Gasteiger partial charge in [-0.2, -0.15) is 0 Å². The Kier molecular flexibility index (Phi) is 6.38. The van der Waals surface area contributed by atoms with Gasteiger partial charge in [0.15, 0.2) is 0 Å². The lowest BCUT2D eigenvalue weighted by molar-refractivity contribution is 1.08. The summed E-state index contributed by atoms with van der Waals surface area (Å²) < 4.78 is 1.14. The molecule has 0 bridgehead atoms. The minimum Gasteiger partial charge on any atom is -0.306 e. The molecule has 43 heavy (non-hydrogen) atoms. The van der Waals surface area contributed by atoms with E-state index in [1.165, 1.54) is 73.3 Å². The molecule has 0 amide bonds. The number of para-hydroxylation sites is 5. The predicted molar refractivity (Wildman–Crippen MR) is 186 cm³/mol. The molecule has 4 heterocycles. The Hall–Kier alpha value is -3.20. The van der Waals surface area contributed by atoms with Crippen molar-refractivity contribution in [3.63, 3.8) is 0 Å². The Labute approximate surface area is 276 Å². The van der Waals surface area contributed by atoms with E-state index in [-0.39, 0.29) is 0 Å². The van der Waals surface area contributed by atoms with E-state index in [2.05, 4.69) is 153 Å². The Bertz CT molecular complexity index is 1960. The van der Waals surface area contributed by atoms with Crippen LogP contribution in [0.4, 0.5) is 34.1 Å². The van der Waals surface area contributed by atoms with Crippen molar-refractivity contribution in [2.24, 2.45) is 0 Å².